The molecule has 4 rings (SSSR count). The standard InChI is InChI=1S/C25H41ClIOPS/c1-17(29(27)30-26)6-4-5-7-18-9-11-22-21-10-8-19-16-20(28)12-14-25(19,3)23(21)13-15-24(18,22)2/h8,17-18,20-23,28H,4-7,9-16H2,1-3H3. The lowest BCUT2D eigenvalue weighted by Gasteiger charge is -2.58. The monoisotopic (exact) mass is 582 g/mol. The minimum atomic E-state index is -0.0833. The molecule has 0 radical (unpaired) electrons. The second-order valence-corrected chi connectivity index (χ2v) is 20.9. The van der Waals surface area contributed by atoms with Crippen LogP contribution in [0.2, 0.25) is 0 Å². The number of allylic oxidation sites excluding steroid dienone is 1. The van der Waals surface area contributed by atoms with Gasteiger partial charge in [0.05, 0.1) is 6.10 Å². The lowest BCUT2D eigenvalue weighted by molar-refractivity contribution is -0.0508. The van der Waals surface area contributed by atoms with Crippen LogP contribution in [0.5, 0.6) is 0 Å². The second kappa shape index (κ2) is 10.0. The average Bonchev–Trinajstić information content (AvgIpc) is 3.07. The highest BCUT2D eigenvalue weighted by molar-refractivity contribution is 14.2. The van der Waals surface area contributed by atoms with Crippen LogP contribution in [0.3, 0.4) is 0 Å². The molecule has 9 unspecified atom stereocenters. The number of unbranched alkanes of at least 4 members (excludes halogenated alkanes) is 1. The molecular weight excluding hydrogens is 542 g/mol. The summed E-state index contributed by atoms with van der Waals surface area (Å²) >= 11 is 2.56. The maximum absolute atomic E-state index is 10.2. The zero-order valence-corrected chi connectivity index (χ0v) is 23.7. The van der Waals surface area contributed by atoms with E-state index < -0.39 is 0 Å². The van der Waals surface area contributed by atoms with Crippen molar-refractivity contribution in [1.29, 1.82) is 0 Å². The molecule has 4 aliphatic carbocycles. The fraction of sp³-hybridized carbons (Fsp3) is 0.920. The second-order valence-electron chi connectivity index (χ2n) is 11.4. The van der Waals surface area contributed by atoms with Crippen molar-refractivity contribution in [2.24, 2.45) is 34.5 Å². The quantitative estimate of drug-likeness (QED) is 0.140. The van der Waals surface area contributed by atoms with Crippen molar-refractivity contribution >= 4 is 48.1 Å². The first kappa shape index (κ1) is 24.6. The van der Waals surface area contributed by atoms with Gasteiger partial charge in [-0.25, -0.2) is 0 Å². The molecular formula is C25H41ClIOPS. The summed E-state index contributed by atoms with van der Waals surface area (Å²) in [5, 5.41) is 10.2. The Morgan fingerprint density at radius 1 is 1.20 bits per heavy atom. The topological polar surface area (TPSA) is 20.2 Å². The number of fused-ring (bicyclic) bond motifs is 5. The van der Waals surface area contributed by atoms with Crippen molar-refractivity contribution < 1.29 is 5.11 Å². The highest BCUT2D eigenvalue weighted by atomic mass is 127. The number of hydrogen-bond acceptors (Lipinski definition) is 2. The van der Waals surface area contributed by atoms with E-state index in [2.05, 4.69) is 48.9 Å². The first-order chi connectivity index (χ1) is 14.3. The van der Waals surface area contributed by atoms with Gasteiger partial charge in [0.15, 0.2) is 0 Å². The van der Waals surface area contributed by atoms with Gasteiger partial charge in [0.25, 0.3) is 0 Å². The maximum atomic E-state index is 10.2. The van der Waals surface area contributed by atoms with Crippen LogP contribution in [0.25, 0.3) is 0 Å². The van der Waals surface area contributed by atoms with Crippen molar-refractivity contribution in [3.8, 4) is 0 Å². The van der Waals surface area contributed by atoms with Crippen LogP contribution in [0, 0.1) is 34.5 Å². The van der Waals surface area contributed by atoms with Crippen molar-refractivity contribution in [2.45, 2.75) is 110 Å². The van der Waals surface area contributed by atoms with E-state index >= 15 is 0 Å². The van der Waals surface area contributed by atoms with Gasteiger partial charge in [0.1, 0.15) is 0 Å². The lowest BCUT2D eigenvalue weighted by Crippen LogP contribution is -2.50. The van der Waals surface area contributed by atoms with Gasteiger partial charge in [-0.2, -0.15) is 0 Å². The zero-order chi connectivity index (χ0) is 21.5. The molecule has 4 aliphatic rings. The summed E-state index contributed by atoms with van der Waals surface area (Å²) < 4.78 is -0.0814. The van der Waals surface area contributed by atoms with Gasteiger partial charge in [-0.3, -0.25) is 0 Å². The first-order valence-electron chi connectivity index (χ1n) is 12.4. The first-order valence-corrected chi connectivity index (χ1v) is 18.8. The third kappa shape index (κ3) is 4.56. The largest absolute Gasteiger partial charge is 0.393 e. The minimum absolute atomic E-state index is 0.0814. The Bertz CT molecular complexity index is 647. The Morgan fingerprint density at radius 3 is 2.77 bits per heavy atom. The van der Waals surface area contributed by atoms with Crippen LogP contribution in [0.15, 0.2) is 11.6 Å². The van der Waals surface area contributed by atoms with E-state index in [1.807, 2.05) is 0 Å². The molecule has 172 valence electrons. The summed E-state index contributed by atoms with van der Waals surface area (Å²) in [5.41, 5.74) is 3.36. The molecule has 0 aliphatic heterocycles. The van der Waals surface area contributed by atoms with Gasteiger partial charge < -0.3 is 5.11 Å². The summed E-state index contributed by atoms with van der Waals surface area (Å²) in [6, 6.07) is 0. The van der Waals surface area contributed by atoms with Gasteiger partial charge in [-0.1, -0.05) is 45.3 Å². The molecule has 9 atom stereocenters. The van der Waals surface area contributed by atoms with Gasteiger partial charge in [0, 0.05) is 4.77 Å². The van der Waals surface area contributed by atoms with E-state index in [4.69, 9.17) is 10.7 Å². The van der Waals surface area contributed by atoms with Gasteiger partial charge >= 0.3 is 0 Å². The van der Waals surface area contributed by atoms with Crippen LogP contribution >= 0.6 is 48.1 Å². The number of rotatable bonds is 7. The van der Waals surface area contributed by atoms with Crippen molar-refractivity contribution in [3.05, 3.63) is 11.6 Å². The van der Waals surface area contributed by atoms with Crippen molar-refractivity contribution in [1.82, 2.24) is 0 Å². The third-order valence-electron chi connectivity index (χ3n) is 10.1. The molecule has 1 nitrogen and oxygen atoms in total. The molecule has 0 heterocycles. The predicted octanol–water partition coefficient (Wildman–Crippen LogP) is 9.51. The highest BCUT2D eigenvalue weighted by Crippen LogP contribution is 2.67. The number of halogens is 2. The fourth-order valence-electron chi connectivity index (χ4n) is 8.22. The van der Waals surface area contributed by atoms with E-state index in [9.17, 15) is 5.11 Å². The van der Waals surface area contributed by atoms with Crippen LogP contribution in [-0.4, -0.2) is 16.9 Å². The molecule has 1 N–H and O–H groups in total. The third-order valence-corrected chi connectivity index (χ3v) is 20.7. The Morgan fingerprint density at radius 2 is 2.00 bits per heavy atom. The molecule has 3 saturated carbocycles. The SMILES string of the molecule is CC(CCCCC1CCC2C3CC=C4CC(O)CCC4(C)C3CCC12C)P(I)SCl. The number of hydrogen-bond donors (Lipinski definition) is 1. The molecule has 0 spiro atoms. The van der Waals surface area contributed by atoms with Gasteiger partial charge in [0.2, 0.25) is 0 Å². The summed E-state index contributed by atoms with van der Waals surface area (Å²) in [6.45, 7) is 7.62. The zero-order valence-electron chi connectivity index (χ0n) is 19.1. The Labute approximate surface area is 207 Å². The molecule has 30 heavy (non-hydrogen) atoms. The predicted molar refractivity (Wildman–Crippen MR) is 144 cm³/mol. The number of aliphatic hydroxyl groups excluding tert-OH is 1. The van der Waals surface area contributed by atoms with Crippen molar-refractivity contribution in [3.63, 3.8) is 0 Å². The van der Waals surface area contributed by atoms with E-state index in [1.54, 1.807) is 16.2 Å². The van der Waals surface area contributed by atoms with Crippen molar-refractivity contribution in [2.75, 3.05) is 0 Å². The fourth-order valence-corrected chi connectivity index (χ4v) is 11.5. The normalized spacial score (nSPS) is 45.1. The smallest absolute Gasteiger partial charge is 0.0577 e. The van der Waals surface area contributed by atoms with E-state index in [-0.39, 0.29) is 10.9 Å². The van der Waals surface area contributed by atoms with Gasteiger partial charge in [-0.05, 0) is 148 Å². The molecule has 0 aromatic heterocycles. The Hall–Kier alpha value is 1.50. The van der Waals surface area contributed by atoms with E-state index in [1.165, 1.54) is 64.2 Å². The Balaban J connectivity index is 1.37. The molecule has 0 bridgehead atoms. The summed E-state index contributed by atoms with van der Waals surface area (Å²) in [4.78, 5) is 0. The molecule has 0 amide bonds. The lowest BCUT2D eigenvalue weighted by atomic mass is 9.47. The average molecular weight is 583 g/mol. The van der Waals surface area contributed by atoms with E-state index in [0.717, 1.165) is 42.2 Å². The van der Waals surface area contributed by atoms with Gasteiger partial charge in [-0.15, -0.1) is 0 Å². The van der Waals surface area contributed by atoms with Crippen LogP contribution in [-0.2, 0) is 0 Å². The minimum Gasteiger partial charge on any atom is -0.393 e. The molecule has 3 fully saturated rings. The highest BCUT2D eigenvalue weighted by Gasteiger charge is 2.58. The van der Waals surface area contributed by atoms with Crippen LogP contribution in [0.1, 0.15) is 97.8 Å². The summed E-state index contributed by atoms with van der Waals surface area (Å²) in [5.74, 6) is 3.67. The van der Waals surface area contributed by atoms with Crippen LogP contribution in [0.4, 0.5) is 0 Å². The number of aliphatic hydroxyl groups is 1. The molecule has 5 heteroatoms. The summed E-state index contributed by atoms with van der Waals surface area (Å²) in [6.07, 6.45) is 18.4. The summed E-state index contributed by atoms with van der Waals surface area (Å²) in [7, 11) is 7.55. The Kier molecular flexibility index (Phi) is 8.21. The molecule has 0 aromatic rings. The molecule has 0 saturated heterocycles. The molecule has 0 aromatic carbocycles. The van der Waals surface area contributed by atoms with E-state index in [0.29, 0.717) is 10.8 Å². The van der Waals surface area contributed by atoms with Crippen LogP contribution < -0.4 is 0 Å². The maximum Gasteiger partial charge on any atom is 0.0577 e.